The average molecular weight is 319 g/mol. The Kier molecular flexibility index (Phi) is 3.90. The highest BCUT2D eigenvalue weighted by atomic mass is 16.5. The number of fused-ring (bicyclic) bond motifs is 1. The quantitative estimate of drug-likeness (QED) is 0.721. The molecule has 3 aromatic rings. The maximum absolute atomic E-state index is 5.49. The van der Waals surface area contributed by atoms with Crippen LogP contribution in [-0.2, 0) is 4.74 Å². The van der Waals surface area contributed by atoms with E-state index in [1.54, 1.807) is 0 Å². The number of hydrogen-bond acceptors (Lipinski definition) is 4. The normalized spacial score (nSPS) is 15.0. The highest BCUT2D eigenvalue weighted by Gasteiger charge is 2.17. The number of anilines is 1. The molecular weight excluding hydrogens is 298 g/mol. The van der Waals surface area contributed by atoms with Gasteiger partial charge < -0.3 is 9.64 Å². The predicted molar refractivity (Wildman–Crippen MR) is 97.5 cm³/mol. The summed E-state index contributed by atoms with van der Waals surface area (Å²) >= 11 is 0. The molecule has 0 saturated carbocycles. The van der Waals surface area contributed by atoms with E-state index in [-0.39, 0.29) is 0 Å². The molecule has 0 bridgehead atoms. The fourth-order valence-electron chi connectivity index (χ4n) is 3.12. The second kappa shape index (κ2) is 6.21. The number of aromatic nitrogens is 2. The number of morpholine rings is 1. The van der Waals surface area contributed by atoms with E-state index in [4.69, 9.17) is 9.72 Å². The number of pyridine rings is 2. The summed E-state index contributed by atoms with van der Waals surface area (Å²) in [6, 6.07) is 12.7. The van der Waals surface area contributed by atoms with Gasteiger partial charge in [0.25, 0.3) is 0 Å². The smallest absolute Gasteiger partial charge is 0.138 e. The summed E-state index contributed by atoms with van der Waals surface area (Å²) in [4.78, 5) is 11.9. The molecule has 0 aliphatic carbocycles. The zero-order valence-electron chi connectivity index (χ0n) is 14.1. The van der Waals surface area contributed by atoms with E-state index in [0.717, 1.165) is 54.3 Å². The number of nitrogens with zero attached hydrogens (tertiary/aromatic N) is 3. The Bertz CT molecular complexity index is 885. The van der Waals surface area contributed by atoms with E-state index in [9.17, 15) is 0 Å². The Labute approximate surface area is 142 Å². The van der Waals surface area contributed by atoms with Crippen molar-refractivity contribution in [1.29, 1.82) is 0 Å². The lowest BCUT2D eigenvalue weighted by Crippen LogP contribution is -2.37. The van der Waals surface area contributed by atoms with Crippen LogP contribution in [0.3, 0.4) is 0 Å². The molecule has 1 aliphatic rings. The van der Waals surface area contributed by atoms with Gasteiger partial charge in [-0.15, -0.1) is 0 Å². The molecule has 24 heavy (non-hydrogen) atoms. The van der Waals surface area contributed by atoms with Gasteiger partial charge in [0.2, 0.25) is 0 Å². The molecule has 122 valence electrons. The van der Waals surface area contributed by atoms with Gasteiger partial charge in [0.1, 0.15) is 5.82 Å². The Balaban J connectivity index is 1.88. The minimum Gasteiger partial charge on any atom is -0.378 e. The lowest BCUT2D eigenvalue weighted by atomic mass is 10.0. The monoisotopic (exact) mass is 319 g/mol. The molecule has 1 saturated heterocycles. The number of hydrogen-bond donors (Lipinski definition) is 0. The molecule has 0 atom stereocenters. The van der Waals surface area contributed by atoms with E-state index < -0.39 is 0 Å². The summed E-state index contributed by atoms with van der Waals surface area (Å²) in [5.41, 5.74) is 5.68. The fraction of sp³-hybridized carbons (Fsp3) is 0.300. The highest BCUT2D eigenvalue weighted by molar-refractivity contribution is 5.92. The largest absolute Gasteiger partial charge is 0.378 e. The van der Waals surface area contributed by atoms with Gasteiger partial charge in [-0.2, -0.15) is 0 Å². The highest BCUT2D eigenvalue weighted by Crippen LogP contribution is 2.30. The Morgan fingerprint density at radius 3 is 2.62 bits per heavy atom. The topological polar surface area (TPSA) is 38.2 Å². The van der Waals surface area contributed by atoms with Crippen molar-refractivity contribution in [2.24, 2.45) is 0 Å². The fourth-order valence-corrected chi connectivity index (χ4v) is 3.12. The van der Waals surface area contributed by atoms with E-state index in [0.29, 0.717) is 0 Å². The van der Waals surface area contributed by atoms with Crippen LogP contribution in [0.1, 0.15) is 11.1 Å². The zero-order chi connectivity index (χ0) is 16.5. The van der Waals surface area contributed by atoms with Crippen molar-refractivity contribution in [3.8, 4) is 11.3 Å². The van der Waals surface area contributed by atoms with Crippen LogP contribution in [-0.4, -0.2) is 36.3 Å². The molecule has 4 rings (SSSR count). The van der Waals surface area contributed by atoms with Gasteiger partial charge >= 0.3 is 0 Å². The lowest BCUT2D eigenvalue weighted by molar-refractivity contribution is 0.122. The first-order valence-corrected chi connectivity index (χ1v) is 8.38. The SMILES string of the molecule is Cc1ccc(-c2cc3ncccc3c(N3CCOCC3)n2)cc1C. The Morgan fingerprint density at radius 2 is 1.83 bits per heavy atom. The van der Waals surface area contributed by atoms with Crippen LogP contribution in [0.4, 0.5) is 5.82 Å². The van der Waals surface area contributed by atoms with Crippen molar-refractivity contribution in [1.82, 2.24) is 9.97 Å². The van der Waals surface area contributed by atoms with Crippen LogP contribution in [0.15, 0.2) is 42.6 Å². The molecule has 3 heterocycles. The van der Waals surface area contributed by atoms with Crippen LogP contribution in [0, 0.1) is 13.8 Å². The van der Waals surface area contributed by atoms with E-state index in [1.807, 2.05) is 12.3 Å². The summed E-state index contributed by atoms with van der Waals surface area (Å²) in [6.07, 6.45) is 1.84. The summed E-state index contributed by atoms with van der Waals surface area (Å²) in [5, 5.41) is 1.10. The van der Waals surface area contributed by atoms with Crippen molar-refractivity contribution >= 4 is 16.7 Å². The van der Waals surface area contributed by atoms with Crippen LogP contribution >= 0.6 is 0 Å². The molecular formula is C20H21N3O. The summed E-state index contributed by atoms with van der Waals surface area (Å²) in [6.45, 7) is 7.50. The molecule has 1 fully saturated rings. The van der Waals surface area contributed by atoms with Gasteiger partial charge in [-0.1, -0.05) is 12.1 Å². The van der Waals surface area contributed by atoms with Crippen molar-refractivity contribution in [2.45, 2.75) is 13.8 Å². The molecule has 1 aromatic carbocycles. The first kappa shape index (κ1) is 15.1. The summed E-state index contributed by atoms with van der Waals surface area (Å²) in [7, 11) is 0. The van der Waals surface area contributed by atoms with Crippen LogP contribution < -0.4 is 4.90 Å². The molecule has 0 N–H and O–H groups in total. The number of benzene rings is 1. The van der Waals surface area contributed by atoms with Crippen LogP contribution in [0.25, 0.3) is 22.2 Å². The Hall–Kier alpha value is -2.46. The first-order chi connectivity index (χ1) is 11.7. The van der Waals surface area contributed by atoms with Gasteiger partial charge in [0.05, 0.1) is 24.4 Å². The third kappa shape index (κ3) is 2.74. The van der Waals surface area contributed by atoms with Gasteiger partial charge in [0.15, 0.2) is 0 Å². The van der Waals surface area contributed by atoms with Crippen LogP contribution in [0.5, 0.6) is 0 Å². The van der Waals surface area contributed by atoms with Gasteiger partial charge in [0, 0.05) is 30.2 Å². The van der Waals surface area contributed by atoms with Crippen molar-refractivity contribution in [2.75, 3.05) is 31.2 Å². The Morgan fingerprint density at radius 1 is 1.00 bits per heavy atom. The third-order valence-electron chi connectivity index (χ3n) is 4.69. The number of rotatable bonds is 2. The third-order valence-corrected chi connectivity index (χ3v) is 4.69. The zero-order valence-corrected chi connectivity index (χ0v) is 14.1. The number of ether oxygens (including phenoxy) is 1. The van der Waals surface area contributed by atoms with Crippen LogP contribution in [0.2, 0.25) is 0 Å². The van der Waals surface area contributed by atoms with Crippen molar-refractivity contribution < 1.29 is 4.74 Å². The molecule has 0 spiro atoms. The summed E-state index contributed by atoms with van der Waals surface area (Å²) in [5.74, 6) is 1.01. The van der Waals surface area contributed by atoms with E-state index in [1.165, 1.54) is 11.1 Å². The number of aryl methyl sites for hydroxylation is 2. The maximum atomic E-state index is 5.49. The average Bonchev–Trinajstić information content (AvgIpc) is 2.64. The molecule has 1 aliphatic heterocycles. The van der Waals surface area contributed by atoms with Crippen molar-refractivity contribution in [3.63, 3.8) is 0 Å². The molecule has 4 heteroatoms. The first-order valence-electron chi connectivity index (χ1n) is 8.38. The molecule has 0 amide bonds. The molecule has 0 unspecified atom stereocenters. The lowest BCUT2D eigenvalue weighted by Gasteiger charge is -2.29. The van der Waals surface area contributed by atoms with E-state index >= 15 is 0 Å². The predicted octanol–water partition coefficient (Wildman–Crippen LogP) is 3.75. The maximum Gasteiger partial charge on any atom is 0.138 e. The molecule has 0 radical (unpaired) electrons. The second-order valence-corrected chi connectivity index (χ2v) is 6.30. The standard InChI is InChI=1S/C20H21N3O/c1-14-5-6-16(12-15(14)2)18-13-19-17(4-3-7-21-19)20(22-18)23-8-10-24-11-9-23/h3-7,12-13H,8-11H2,1-2H3. The second-order valence-electron chi connectivity index (χ2n) is 6.30. The van der Waals surface area contributed by atoms with Gasteiger partial charge in [-0.05, 0) is 49.2 Å². The van der Waals surface area contributed by atoms with Gasteiger partial charge in [-0.25, -0.2) is 4.98 Å². The van der Waals surface area contributed by atoms with Crippen molar-refractivity contribution in [3.05, 3.63) is 53.7 Å². The minimum absolute atomic E-state index is 0.747. The minimum atomic E-state index is 0.747. The van der Waals surface area contributed by atoms with E-state index in [2.05, 4.69) is 54.1 Å². The van der Waals surface area contributed by atoms with Gasteiger partial charge in [-0.3, -0.25) is 4.98 Å². The summed E-state index contributed by atoms with van der Waals surface area (Å²) < 4.78 is 5.49. The molecule has 4 nitrogen and oxygen atoms in total. The molecule has 2 aromatic heterocycles.